The van der Waals surface area contributed by atoms with Crippen LogP contribution in [-0.2, 0) is 17.4 Å². The van der Waals surface area contributed by atoms with Gasteiger partial charge in [-0.3, -0.25) is 0 Å². The Kier molecular flexibility index (Phi) is 2.92. The van der Waals surface area contributed by atoms with Gasteiger partial charge in [0.05, 0.1) is 4.90 Å². The van der Waals surface area contributed by atoms with Crippen molar-refractivity contribution in [1.82, 2.24) is 9.97 Å². The number of nitrogens with two attached hydrogens (primary N) is 2. The molecule has 1 aromatic carbocycles. The topological polar surface area (TPSA) is 98.1 Å². The highest BCUT2D eigenvalue weighted by Gasteiger charge is 2.22. The van der Waals surface area contributed by atoms with E-state index >= 15 is 0 Å². The molecule has 1 aliphatic heterocycles. The van der Waals surface area contributed by atoms with Crippen LogP contribution in [0.15, 0.2) is 35.4 Å². The van der Waals surface area contributed by atoms with Crippen molar-refractivity contribution < 1.29 is 4.21 Å². The average molecular weight is 275 g/mol. The van der Waals surface area contributed by atoms with Crippen LogP contribution < -0.4 is 15.8 Å². The first-order valence-corrected chi connectivity index (χ1v) is 7.01. The summed E-state index contributed by atoms with van der Waals surface area (Å²) in [5, 5.41) is 5.39. The zero-order chi connectivity index (χ0) is 13.4. The van der Waals surface area contributed by atoms with E-state index in [2.05, 4.69) is 14.9 Å². The highest BCUT2D eigenvalue weighted by atomic mass is 32.2. The standard InChI is InChI=1S/C12H13N5OS/c13-12-15-5-3-11(16-12)17-6-4-8-7-9(19(14)18)1-2-10(8)17/h1-3,5,7H,4,6,14H2,(H2,13,15,16). The molecular formula is C12H13N5OS. The van der Waals surface area contributed by atoms with Crippen LogP contribution in [0.4, 0.5) is 17.5 Å². The van der Waals surface area contributed by atoms with Crippen LogP contribution in [0, 0.1) is 0 Å². The molecule has 0 fully saturated rings. The van der Waals surface area contributed by atoms with E-state index in [0.717, 1.165) is 30.0 Å². The van der Waals surface area contributed by atoms with Gasteiger partial charge >= 0.3 is 0 Å². The Hall–Kier alpha value is -1.99. The fraction of sp³-hybridized carbons (Fsp3) is 0.167. The summed E-state index contributed by atoms with van der Waals surface area (Å²) in [5.74, 6) is 1.03. The minimum atomic E-state index is -1.44. The van der Waals surface area contributed by atoms with Gasteiger partial charge in [0.15, 0.2) is 0 Å². The fourth-order valence-corrected chi connectivity index (χ4v) is 2.72. The molecule has 19 heavy (non-hydrogen) atoms. The second-order valence-electron chi connectivity index (χ2n) is 4.26. The maximum absolute atomic E-state index is 11.3. The normalized spacial score (nSPS) is 15.3. The Labute approximate surface area is 113 Å². The summed E-state index contributed by atoms with van der Waals surface area (Å²) in [6.45, 7) is 0.812. The summed E-state index contributed by atoms with van der Waals surface area (Å²) in [7, 11) is -1.44. The van der Waals surface area contributed by atoms with Crippen LogP contribution >= 0.6 is 0 Å². The molecule has 0 bridgehead atoms. The predicted octanol–water partition coefficient (Wildman–Crippen LogP) is 0.734. The van der Waals surface area contributed by atoms with Crippen molar-refractivity contribution in [3.63, 3.8) is 0 Å². The molecule has 0 saturated heterocycles. The number of hydrogen-bond acceptors (Lipinski definition) is 5. The first-order valence-electron chi connectivity index (χ1n) is 5.80. The second-order valence-corrected chi connectivity index (χ2v) is 5.33. The lowest BCUT2D eigenvalue weighted by Crippen LogP contribution is -2.15. The van der Waals surface area contributed by atoms with E-state index in [4.69, 9.17) is 10.9 Å². The number of aromatic nitrogens is 2. The van der Waals surface area contributed by atoms with E-state index in [0.29, 0.717) is 4.90 Å². The van der Waals surface area contributed by atoms with E-state index in [-0.39, 0.29) is 5.95 Å². The summed E-state index contributed by atoms with van der Waals surface area (Å²) in [4.78, 5) is 10.8. The van der Waals surface area contributed by atoms with Crippen molar-refractivity contribution >= 4 is 28.4 Å². The molecule has 0 amide bonds. The summed E-state index contributed by atoms with van der Waals surface area (Å²) >= 11 is 0. The van der Waals surface area contributed by atoms with Gasteiger partial charge in [-0.25, -0.2) is 14.3 Å². The van der Waals surface area contributed by atoms with E-state index in [1.807, 2.05) is 18.2 Å². The summed E-state index contributed by atoms with van der Waals surface area (Å²) in [6, 6.07) is 7.40. The lowest BCUT2D eigenvalue weighted by molar-refractivity contribution is 0.684. The summed E-state index contributed by atoms with van der Waals surface area (Å²) in [6.07, 6.45) is 2.50. The number of rotatable bonds is 2. The third-order valence-electron chi connectivity index (χ3n) is 3.11. The maximum atomic E-state index is 11.3. The van der Waals surface area contributed by atoms with Crippen LogP contribution in [0.3, 0.4) is 0 Å². The zero-order valence-electron chi connectivity index (χ0n) is 10.1. The first-order chi connectivity index (χ1) is 9.15. The number of nitrogens with zero attached hydrogens (tertiary/aromatic N) is 3. The number of fused-ring (bicyclic) bond motifs is 1. The molecule has 1 unspecified atom stereocenters. The van der Waals surface area contributed by atoms with Gasteiger partial charge in [-0.1, -0.05) is 0 Å². The largest absolute Gasteiger partial charge is 0.368 e. The summed E-state index contributed by atoms with van der Waals surface area (Å²) in [5.41, 5.74) is 7.77. The third kappa shape index (κ3) is 2.18. The van der Waals surface area contributed by atoms with E-state index < -0.39 is 11.0 Å². The highest BCUT2D eigenvalue weighted by molar-refractivity contribution is 7.82. The molecule has 1 atom stereocenters. The summed E-state index contributed by atoms with van der Waals surface area (Å²) < 4.78 is 11.3. The fourth-order valence-electron chi connectivity index (χ4n) is 2.26. The molecule has 4 N–H and O–H groups in total. The third-order valence-corrected chi connectivity index (χ3v) is 3.83. The second kappa shape index (κ2) is 4.60. The molecule has 6 nitrogen and oxygen atoms in total. The zero-order valence-corrected chi connectivity index (χ0v) is 10.9. The maximum Gasteiger partial charge on any atom is 0.221 e. The van der Waals surface area contributed by atoms with Gasteiger partial charge in [-0.15, -0.1) is 0 Å². The SMILES string of the molecule is Nc1nccc(N2CCc3cc(S(N)=O)ccc32)n1. The Bertz CT molecular complexity index is 660. The van der Waals surface area contributed by atoms with E-state index in [9.17, 15) is 4.21 Å². The van der Waals surface area contributed by atoms with Gasteiger partial charge in [0.1, 0.15) is 16.8 Å². The van der Waals surface area contributed by atoms with Gasteiger partial charge in [-0.2, -0.15) is 4.98 Å². The molecule has 0 spiro atoms. The molecule has 2 aromatic rings. The van der Waals surface area contributed by atoms with Crippen molar-refractivity contribution in [1.29, 1.82) is 0 Å². The minimum absolute atomic E-state index is 0.255. The van der Waals surface area contributed by atoms with Crippen molar-refractivity contribution in [2.45, 2.75) is 11.3 Å². The molecule has 0 aliphatic carbocycles. The Morgan fingerprint density at radius 3 is 2.89 bits per heavy atom. The Balaban J connectivity index is 2.01. The van der Waals surface area contributed by atoms with Crippen LogP contribution in [0.2, 0.25) is 0 Å². The molecule has 98 valence electrons. The molecule has 2 heterocycles. The Morgan fingerprint density at radius 2 is 2.16 bits per heavy atom. The van der Waals surface area contributed by atoms with Gasteiger partial charge in [-0.05, 0) is 36.2 Å². The quantitative estimate of drug-likeness (QED) is 0.842. The molecule has 7 heteroatoms. The smallest absolute Gasteiger partial charge is 0.221 e. The highest BCUT2D eigenvalue weighted by Crippen LogP contribution is 2.34. The molecular weight excluding hydrogens is 262 g/mol. The minimum Gasteiger partial charge on any atom is -0.368 e. The molecule has 1 aromatic heterocycles. The van der Waals surface area contributed by atoms with Crippen molar-refractivity contribution in [3.8, 4) is 0 Å². The van der Waals surface area contributed by atoms with E-state index in [1.165, 1.54) is 0 Å². The van der Waals surface area contributed by atoms with Crippen molar-refractivity contribution in [2.75, 3.05) is 17.2 Å². The van der Waals surface area contributed by atoms with Crippen LogP contribution in [0.1, 0.15) is 5.56 Å². The van der Waals surface area contributed by atoms with Crippen molar-refractivity contribution in [3.05, 3.63) is 36.0 Å². The predicted molar refractivity (Wildman–Crippen MR) is 74.2 cm³/mol. The van der Waals surface area contributed by atoms with Gasteiger partial charge < -0.3 is 10.6 Å². The molecule has 1 aliphatic rings. The van der Waals surface area contributed by atoms with Crippen LogP contribution in [0.5, 0.6) is 0 Å². The molecule has 0 radical (unpaired) electrons. The molecule has 3 rings (SSSR count). The number of benzene rings is 1. The average Bonchev–Trinajstić information content (AvgIpc) is 2.81. The molecule has 0 saturated carbocycles. The van der Waals surface area contributed by atoms with Gasteiger partial charge in [0.25, 0.3) is 0 Å². The first kappa shape index (κ1) is 12.1. The van der Waals surface area contributed by atoms with Gasteiger partial charge in [0.2, 0.25) is 5.95 Å². The monoisotopic (exact) mass is 275 g/mol. The van der Waals surface area contributed by atoms with Gasteiger partial charge in [0, 0.05) is 18.4 Å². The number of hydrogen-bond donors (Lipinski definition) is 2. The number of anilines is 3. The van der Waals surface area contributed by atoms with Crippen molar-refractivity contribution in [2.24, 2.45) is 5.14 Å². The van der Waals surface area contributed by atoms with Crippen LogP contribution in [-0.4, -0.2) is 20.7 Å². The van der Waals surface area contributed by atoms with Crippen LogP contribution in [0.25, 0.3) is 0 Å². The lowest BCUT2D eigenvalue weighted by atomic mass is 10.2. The Morgan fingerprint density at radius 1 is 1.32 bits per heavy atom. The lowest BCUT2D eigenvalue weighted by Gasteiger charge is -2.18. The number of nitrogen functional groups attached to an aromatic ring is 1. The van der Waals surface area contributed by atoms with E-state index in [1.54, 1.807) is 12.3 Å².